The zero-order chi connectivity index (χ0) is 12.3. The SMILES string of the molecule is COC(OC)C(O)c1cncc2ccccc12. The van der Waals surface area contributed by atoms with Gasteiger partial charge < -0.3 is 14.6 Å². The first-order valence-corrected chi connectivity index (χ1v) is 5.34. The third kappa shape index (κ3) is 2.29. The van der Waals surface area contributed by atoms with Gasteiger partial charge in [0.1, 0.15) is 6.10 Å². The Kier molecular flexibility index (Phi) is 3.68. The molecule has 1 atom stereocenters. The van der Waals surface area contributed by atoms with E-state index < -0.39 is 12.4 Å². The van der Waals surface area contributed by atoms with Crippen molar-refractivity contribution in [3.63, 3.8) is 0 Å². The summed E-state index contributed by atoms with van der Waals surface area (Å²) < 4.78 is 10.1. The minimum atomic E-state index is -0.858. The summed E-state index contributed by atoms with van der Waals surface area (Å²) in [6.45, 7) is 0. The molecule has 1 N–H and O–H groups in total. The highest BCUT2D eigenvalue weighted by atomic mass is 16.7. The number of ether oxygens (including phenoxy) is 2. The topological polar surface area (TPSA) is 51.6 Å². The highest BCUT2D eigenvalue weighted by Gasteiger charge is 2.22. The van der Waals surface area contributed by atoms with Crippen LogP contribution < -0.4 is 0 Å². The van der Waals surface area contributed by atoms with Gasteiger partial charge in [0.25, 0.3) is 0 Å². The van der Waals surface area contributed by atoms with Crippen molar-refractivity contribution in [3.8, 4) is 0 Å². The third-order valence-electron chi connectivity index (χ3n) is 2.74. The maximum absolute atomic E-state index is 10.2. The lowest BCUT2D eigenvalue weighted by Gasteiger charge is -2.21. The normalized spacial score (nSPS) is 13.2. The first-order valence-electron chi connectivity index (χ1n) is 5.34. The van der Waals surface area contributed by atoms with Crippen molar-refractivity contribution in [2.24, 2.45) is 0 Å². The number of fused-ring (bicyclic) bond motifs is 1. The fraction of sp³-hybridized carbons (Fsp3) is 0.308. The van der Waals surface area contributed by atoms with Gasteiger partial charge in [0, 0.05) is 37.6 Å². The van der Waals surface area contributed by atoms with Crippen LogP contribution in [-0.2, 0) is 9.47 Å². The van der Waals surface area contributed by atoms with Gasteiger partial charge in [0.2, 0.25) is 0 Å². The monoisotopic (exact) mass is 233 g/mol. The van der Waals surface area contributed by atoms with Gasteiger partial charge in [0.15, 0.2) is 6.29 Å². The molecule has 0 radical (unpaired) electrons. The standard InChI is InChI=1S/C13H15NO3/c1-16-13(17-2)12(15)11-8-14-7-9-5-3-4-6-10(9)11/h3-8,12-13,15H,1-2H3. The number of hydrogen-bond donors (Lipinski definition) is 1. The Morgan fingerprint density at radius 1 is 1.12 bits per heavy atom. The van der Waals surface area contributed by atoms with E-state index in [1.165, 1.54) is 14.2 Å². The molecule has 0 aliphatic rings. The number of hydrogen-bond acceptors (Lipinski definition) is 4. The Balaban J connectivity index is 2.47. The average molecular weight is 233 g/mol. The first kappa shape index (κ1) is 12.0. The molecule has 1 aromatic carbocycles. The smallest absolute Gasteiger partial charge is 0.187 e. The Hall–Kier alpha value is -1.49. The lowest BCUT2D eigenvalue weighted by molar-refractivity contribution is -0.165. The lowest BCUT2D eigenvalue weighted by Crippen LogP contribution is -2.23. The summed E-state index contributed by atoms with van der Waals surface area (Å²) in [5.41, 5.74) is 0.705. The van der Waals surface area contributed by atoms with Crippen molar-refractivity contribution >= 4 is 10.8 Å². The van der Waals surface area contributed by atoms with Gasteiger partial charge in [-0.1, -0.05) is 24.3 Å². The molecule has 2 rings (SSSR count). The van der Waals surface area contributed by atoms with Gasteiger partial charge in [-0.3, -0.25) is 4.98 Å². The van der Waals surface area contributed by atoms with E-state index in [4.69, 9.17) is 9.47 Å². The van der Waals surface area contributed by atoms with Crippen LogP contribution in [0.25, 0.3) is 10.8 Å². The van der Waals surface area contributed by atoms with Crippen LogP contribution in [0.1, 0.15) is 11.7 Å². The Morgan fingerprint density at radius 2 is 1.82 bits per heavy atom. The van der Waals surface area contributed by atoms with Crippen LogP contribution in [0.3, 0.4) is 0 Å². The molecule has 90 valence electrons. The summed E-state index contributed by atoms with van der Waals surface area (Å²) in [7, 11) is 2.99. The van der Waals surface area contributed by atoms with Gasteiger partial charge in [-0.25, -0.2) is 0 Å². The second-order valence-corrected chi connectivity index (χ2v) is 3.73. The molecule has 1 unspecified atom stereocenters. The highest BCUT2D eigenvalue weighted by molar-refractivity contribution is 5.84. The second kappa shape index (κ2) is 5.23. The van der Waals surface area contributed by atoms with E-state index in [9.17, 15) is 5.11 Å². The van der Waals surface area contributed by atoms with Crippen molar-refractivity contribution in [1.82, 2.24) is 4.98 Å². The van der Waals surface area contributed by atoms with Gasteiger partial charge in [-0.2, -0.15) is 0 Å². The summed E-state index contributed by atoms with van der Waals surface area (Å²) in [4.78, 5) is 4.11. The number of methoxy groups -OCH3 is 2. The number of pyridine rings is 1. The first-order chi connectivity index (χ1) is 8.27. The third-order valence-corrected chi connectivity index (χ3v) is 2.74. The number of aromatic nitrogens is 1. The Morgan fingerprint density at radius 3 is 2.53 bits per heavy atom. The zero-order valence-corrected chi connectivity index (χ0v) is 9.83. The molecule has 0 saturated carbocycles. The van der Waals surface area contributed by atoms with Crippen molar-refractivity contribution < 1.29 is 14.6 Å². The molecule has 0 saturated heterocycles. The van der Waals surface area contributed by atoms with E-state index in [-0.39, 0.29) is 0 Å². The summed E-state index contributed by atoms with van der Waals surface area (Å²) >= 11 is 0. The summed E-state index contributed by atoms with van der Waals surface area (Å²) in [5.74, 6) is 0. The number of rotatable bonds is 4. The molecule has 1 aromatic heterocycles. The van der Waals surface area contributed by atoms with Crippen molar-refractivity contribution in [1.29, 1.82) is 0 Å². The number of benzene rings is 1. The molecule has 0 spiro atoms. The molecule has 0 aliphatic heterocycles. The molecular weight excluding hydrogens is 218 g/mol. The molecule has 0 amide bonds. The molecule has 2 aromatic rings. The van der Waals surface area contributed by atoms with Crippen LogP contribution >= 0.6 is 0 Å². The van der Waals surface area contributed by atoms with Crippen LogP contribution in [0.2, 0.25) is 0 Å². The minimum absolute atomic E-state index is 0.692. The van der Waals surface area contributed by atoms with Gasteiger partial charge in [0.05, 0.1) is 0 Å². The van der Waals surface area contributed by atoms with Gasteiger partial charge >= 0.3 is 0 Å². The Labute approximate surface area is 99.8 Å². The molecule has 0 bridgehead atoms. The number of nitrogens with zero attached hydrogens (tertiary/aromatic N) is 1. The molecule has 17 heavy (non-hydrogen) atoms. The second-order valence-electron chi connectivity index (χ2n) is 3.73. The summed E-state index contributed by atoms with van der Waals surface area (Å²) in [6.07, 6.45) is 1.85. The average Bonchev–Trinajstić information content (AvgIpc) is 2.39. The number of aliphatic hydroxyl groups is 1. The quantitative estimate of drug-likeness (QED) is 0.819. The van der Waals surface area contributed by atoms with E-state index in [1.54, 1.807) is 12.4 Å². The Bertz CT molecular complexity index is 491. The highest BCUT2D eigenvalue weighted by Crippen LogP contribution is 2.26. The summed E-state index contributed by atoms with van der Waals surface area (Å²) in [5, 5.41) is 12.1. The van der Waals surface area contributed by atoms with E-state index in [2.05, 4.69) is 4.98 Å². The van der Waals surface area contributed by atoms with Crippen molar-refractivity contribution in [2.75, 3.05) is 14.2 Å². The van der Waals surface area contributed by atoms with Crippen molar-refractivity contribution in [2.45, 2.75) is 12.4 Å². The van der Waals surface area contributed by atoms with E-state index in [0.29, 0.717) is 5.56 Å². The van der Waals surface area contributed by atoms with E-state index in [1.807, 2.05) is 24.3 Å². The number of aliphatic hydroxyl groups excluding tert-OH is 1. The maximum atomic E-state index is 10.2. The predicted octanol–water partition coefficient (Wildman–Crippen LogP) is 1.89. The van der Waals surface area contributed by atoms with Crippen molar-refractivity contribution in [3.05, 3.63) is 42.2 Å². The van der Waals surface area contributed by atoms with Crippen LogP contribution in [0.4, 0.5) is 0 Å². The largest absolute Gasteiger partial charge is 0.383 e. The van der Waals surface area contributed by atoms with Crippen LogP contribution in [0.15, 0.2) is 36.7 Å². The predicted molar refractivity (Wildman–Crippen MR) is 64.5 cm³/mol. The fourth-order valence-corrected chi connectivity index (χ4v) is 1.88. The molecule has 4 nitrogen and oxygen atoms in total. The van der Waals surface area contributed by atoms with Crippen LogP contribution in [0, 0.1) is 0 Å². The summed E-state index contributed by atoms with van der Waals surface area (Å²) in [6, 6.07) is 7.75. The fourth-order valence-electron chi connectivity index (χ4n) is 1.88. The van der Waals surface area contributed by atoms with Gasteiger partial charge in [-0.15, -0.1) is 0 Å². The molecule has 1 heterocycles. The van der Waals surface area contributed by atoms with Crippen LogP contribution in [0.5, 0.6) is 0 Å². The minimum Gasteiger partial charge on any atom is -0.383 e. The maximum Gasteiger partial charge on any atom is 0.187 e. The molecular formula is C13H15NO3. The van der Waals surface area contributed by atoms with Gasteiger partial charge in [-0.05, 0) is 5.39 Å². The molecule has 0 fully saturated rings. The molecule has 0 aliphatic carbocycles. The van der Waals surface area contributed by atoms with E-state index >= 15 is 0 Å². The van der Waals surface area contributed by atoms with Crippen LogP contribution in [-0.4, -0.2) is 30.6 Å². The zero-order valence-electron chi connectivity index (χ0n) is 9.83. The molecule has 4 heteroatoms. The van der Waals surface area contributed by atoms with E-state index in [0.717, 1.165) is 10.8 Å². The lowest BCUT2D eigenvalue weighted by atomic mass is 10.0.